The quantitative estimate of drug-likeness (QED) is 0.358. The number of hydrogen-bond donors (Lipinski definition) is 3. The largest absolute Gasteiger partial charge is 0.480 e. The number of rotatable bonds is 14. The summed E-state index contributed by atoms with van der Waals surface area (Å²) in [5, 5.41) is 16.1. The van der Waals surface area contributed by atoms with Crippen LogP contribution in [-0.2, 0) is 22.4 Å². The fraction of sp³-hybridized carbons (Fsp3) is 0.600. The fourth-order valence-electron chi connectivity index (χ4n) is 4.16. The van der Waals surface area contributed by atoms with Gasteiger partial charge < -0.3 is 25.4 Å². The van der Waals surface area contributed by atoms with Gasteiger partial charge >= 0.3 is 5.97 Å². The van der Waals surface area contributed by atoms with E-state index in [-0.39, 0.29) is 6.10 Å². The molecule has 0 fully saturated rings. The molecule has 2 atom stereocenters. The Morgan fingerprint density at radius 2 is 2.12 bits per heavy atom. The highest BCUT2D eigenvalue weighted by Crippen LogP contribution is 2.20. The molecule has 0 aliphatic carbocycles. The average Bonchev–Trinajstić information content (AvgIpc) is 2.83. The lowest BCUT2D eigenvalue weighted by Crippen LogP contribution is -2.38. The van der Waals surface area contributed by atoms with Gasteiger partial charge in [-0.2, -0.15) is 0 Å². The van der Waals surface area contributed by atoms with Gasteiger partial charge in [0.2, 0.25) is 0 Å². The number of aromatic nitrogens is 3. The Labute approximate surface area is 202 Å². The highest BCUT2D eigenvalue weighted by Gasteiger charge is 2.20. The second-order valence-corrected chi connectivity index (χ2v) is 9.01. The summed E-state index contributed by atoms with van der Waals surface area (Å²) in [7, 11) is 1.71. The molecule has 1 aliphatic heterocycles. The average molecular weight is 471 g/mol. The number of carbonyl (C=O) groups is 1. The number of ether oxygens (including phenoxy) is 1. The molecule has 0 radical (unpaired) electrons. The van der Waals surface area contributed by atoms with E-state index < -0.39 is 12.0 Å². The lowest BCUT2D eigenvalue weighted by Gasteiger charge is -2.26. The Bertz CT molecular complexity index is 925. The zero-order valence-corrected chi connectivity index (χ0v) is 20.6. The van der Waals surface area contributed by atoms with E-state index >= 15 is 0 Å². The number of nitrogens with one attached hydrogen (secondary N) is 2. The number of anilines is 2. The molecule has 0 amide bonds. The van der Waals surface area contributed by atoms with Crippen molar-refractivity contribution >= 4 is 17.6 Å². The Hall–Kier alpha value is -2.78. The minimum absolute atomic E-state index is 0.0762. The van der Waals surface area contributed by atoms with Crippen LogP contribution < -0.4 is 10.6 Å². The molecule has 0 saturated carbocycles. The molecule has 0 bridgehead atoms. The van der Waals surface area contributed by atoms with Crippen LogP contribution in [0.3, 0.4) is 0 Å². The molecule has 2 aromatic heterocycles. The van der Waals surface area contributed by atoms with Crippen LogP contribution in [-0.4, -0.2) is 76.4 Å². The molecule has 186 valence electrons. The van der Waals surface area contributed by atoms with Crippen LogP contribution in [0, 0.1) is 6.92 Å². The normalized spacial score (nSPS) is 14.8. The number of nitrogens with zero attached hydrogens (tertiary/aromatic N) is 4. The molecule has 0 aromatic carbocycles. The molecule has 2 aromatic rings. The Morgan fingerprint density at radius 3 is 2.88 bits per heavy atom. The summed E-state index contributed by atoms with van der Waals surface area (Å²) in [6, 6.07) is 3.62. The third-order valence-electron chi connectivity index (χ3n) is 6.14. The van der Waals surface area contributed by atoms with Crippen molar-refractivity contribution in [2.24, 2.45) is 0 Å². The van der Waals surface area contributed by atoms with Crippen molar-refractivity contribution in [3.8, 4) is 0 Å². The van der Waals surface area contributed by atoms with Crippen molar-refractivity contribution in [3.05, 3.63) is 41.5 Å². The molecule has 9 heteroatoms. The van der Waals surface area contributed by atoms with E-state index in [2.05, 4.69) is 37.6 Å². The summed E-state index contributed by atoms with van der Waals surface area (Å²) in [6.45, 7) is 7.16. The summed E-state index contributed by atoms with van der Waals surface area (Å²) in [4.78, 5) is 27.3. The number of unbranched alkanes of at least 4 members (excludes halogenated alkanes) is 1. The van der Waals surface area contributed by atoms with Crippen LogP contribution in [0.1, 0.15) is 49.6 Å². The van der Waals surface area contributed by atoms with Gasteiger partial charge in [-0.05, 0) is 70.5 Å². The van der Waals surface area contributed by atoms with Crippen molar-refractivity contribution in [2.45, 2.75) is 64.5 Å². The van der Waals surface area contributed by atoms with Crippen molar-refractivity contribution in [1.29, 1.82) is 0 Å². The number of hydrogen-bond acceptors (Lipinski definition) is 8. The molecule has 0 saturated heterocycles. The number of carboxylic acids is 1. The SMILES string of the molecule is COC(C)CN(CCCCc1ccc2c(n1)NCCC2)CCC(Nc1cncc(C)n1)C(=O)O. The molecule has 3 rings (SSSR count). The highest BCUT2D eigenvalue weighted by molar-refractivity contribution is 5.76. The first-order valence-corrected chi connectivity index (χ1v) is 12.2. The maximum Gasteiger partial charge on any atom is 0.326 e. The topological polar surface area (TPSA) is 113 Å². The zero-order valence-electron chi connectivity index (χ0n) is 20.6. The molecular formula is C25H38N6O3. The second-order valence-electron chi connectivity index (χ2n) is 9.01. The van der Waals surface area contributed by atoms with Gasteiger partial charge in [0.25, 0.3) is 0 Å². The van der Waals surface area contributed by atoms with E-state index in [1.165, 1.54) is 12.0 Å². The first-order valence-electron chi connectivity index (χ1n) is 12.2. The molecule has 2 unspecified atom stereocenters. The first kappa shape index (κ1) is 25.8. The van der Waals surface area contributed by atoms with Crippen molar-refractivity contribution < 1.29 is 14.6 Å². The van der Waals surface area contributed by atoms with Gasteiger partial charge in [0.1, 0.15) is 17.7 Å². The smallest absolute Gasteiger partial charge is 0.326 e. The van der Waals surface area contributed by atoms with E-state index in [0.29, 0.717) is 18.8 Å². The number of fused-ring (bicyclic) bond motifs is 1. The van der Waals surface area contributed by atoms with E-state index in [1.54, 1.807) is 19.5 Å². The Kier molecular flexibility index (Phi) is 10.0. The Morgan fingerprint density at radius 1 is 1.26 bits per heavy atom. The van der Waals surface area contributed by atoms with Gasteiger partial charge in [0.15, 0.2) is 0 Å². The molecule has 34 heavy (non-hydrogen) atoms. The summed E-state index contributed by atoms with van der Waals surface area (Å²) in [6.07, 6.45) is 8.98. The van der Waals surface area contributed by atoms with Gasteiger partial charge in [-0.1, -0.05) is 6.07 Å². The van der Waals surface area contributed by atoms with Gasteiger partial charge in [-0.25, -0.2) is 14.8 Å². The third kappa shape index (κ3) is 8.22. The molecular weight excluding hydrogens is 432 g/mol. The highest BCUT2D eigenvalue weighted by atomic mass is 16.5. The van der Waals surface area contributed by atoms with E-state index in [9.17, 15) is 9.90 Å². The second kappa shape index (κ2) is 13.2. The standard InChI is InChI=1S/C25H38N6O3/c1-18-15-26-16-23(28-18)30-22(25(32)33)11-14-31(17-19(2)34-3)13-5-4-8-21-10-9-20-7-6-12-27-24(20)29-21/h9-10,15-16,19,22H,4-8,11-14,17H2,1-3H3,(H,27,29)(H,28,30)(H,32,33). The van der Waals surface area contributed by atoms with Crippen LogP contribution in [0.5, 0.6) is 0 Å². The number of aryl methyl sites for hydroxylation is 3. The van der Waals surface area contributed by atoms with Crippen molar-refractivity contribution in [1.82, 2.24) is 19.9 Å². The first-order chi connectivity index (χ1) is 16.4. The van der Waals surface area contributed by atoms with E-state index in [1.807, 2.05) is 13.8 Å². The Balaban J connectivity index is 1.50. The molecule has 3 heterocycles. The summed E-state index contributed by atoms with van der Waals surface area (Å²) < 4.78 is 5.46. The monoisotopic (exact) mass is 470 g/mol. The number of aliphatic carboxylic acids is 1. The van der Waals surface area contributed by atoms with Crippen LogP contribution >= 0.6 is 0 Å². The number of carboxylic acid groups (broad SMARTS) is 1. The van der Waals surface area contributed by atoms with E-state index in [0.717, 1.165) is 62.5 Å². The zero-order chi connectivity index (χ0) is 24.3. The molecule has 1 aliphatic rings. The van der Waals surface area contributed by atoms with Crippen LogP contribution in [0.25, 0.3) is 0 Å². The van der Waals surface area contributed by atoms with Crippen molar-refractivity contribution in [2.75, 3.05) is 43.9 Å². The molecule has 9 nitrogen and oxygen atoms in total. The molecule has 0 spiro atoms. The lowest BCUT2D eigenvalue weighted by atomic mass is 10.1. The maximum atomic E-state index is 11.8. The predicted octanol–water partition coefficient (Wildman–Crippen LogP) is 3.15. The minimum atomic E-state index is -0.893. The van der Waals surface area contributed by atoms with Crippen LogP contribution in [0.15, 0.2) is 24.5 Å². The van der Waals surface area contributed by atoms with E-state index in [4.69, 9.17) is 9.72 Å². The van der Waals surface area contributed by atoms with Gasteiger partial charge in [-0.3, -0.25) is 4.98 Å². The van der Waals surface area contributed by atoms with Crippen LogP contribution in [0.4, 0.5) is 11.6 Å². The number of methoxy groups -OCH3 is 1. The summed E-state index contributed by atoms with van der Waals surface area (Å²) in [5.74, 6) is 0.635. The summed E-state index contributed by atoms with van der Waals surface area (Å²) in [5.41, 5.74) is 3.18. The fourth-order valence-corrected chi connectivity index (χ4v) is 4.16. The van der Waals surface area contributed by atoms with Crippen LogP contribution in [0.2, 0.25) is 0 Å². The predicted molar refractivity (Wildman–Crippen MR) is 133 cm³/mol. The number of pyridine rings is 1. The lowest BCUT2D eigenvalue weighted by molar-refractivity contribution is -0.138. The maximum absolute atomic E-state index is 11.8. The summed E-state index contributed by atoms with van der Waals surface area (Å²) >= 11 is 0. The minimum Gasteiger partial charge on any atom is -0.480 e. The molecule has 3 N–H and O–H groups in total. The van der Waals surface area contributed by atoms with Gasteiger partial charge in [0, 0.05) is 38.6 Å². The van der Waals surface area contributed by atoms with Crippen molar-refractivity contribution in [3.63, 3.8) is 0 Å². The van der Waals surface area contributed by atoms with Gasteiger partial charge in [-0.15, -0.1) is 0 Å². The van der Waals surface area contributed by atoms with Gasteiger partial charge in [0.05, 0.1) is 18.0 Å². The third-order valence-corrected chi connectivity index (χ3v) is 6.14.